The molecular formula is C9H7N5O. The Hall–Kier alpha value is -2.47. The van der Waals surface area contributed by atoms with Crippen LogP contribution >= 0.6 is 0 Å². The van der Waals surface area contributed by atoms with Crippen LogP contribution in [0.5, 0.6) is 0 Å². The fourth-order valence-electron chi connectivity index (χ4n) is 1.64. The molecular weight excluding hydrogens is 194 g/mol. The van der Waals surface area contributed by atoms with Crippen molar-refractivity contribution >= 4 is 11.5 Å². The Morgan fingerprint density at radius 2 is 2.00 bits per heavy atom. The van der Waals surface area contributed by atoms with Crippen molar-refractivity contribution in [1.29, 1.82) is 10.5 Å². The number of fused-ring (bicyclic) bond motifs is 1. The van der Waals surface area contributed by atoms with Crippen molar-refractivity contribution < 1.29 is 0 Å². The summed E-state index contributed by atoms with van der Waals surface area (Å²) in [5, 5.41) is 20.6. The van der Waals surface area contributed by atoms with Gasteiger partial charge in [0.15, 0.2) is 0 Å². The molecule has 0 atom stereocenters. The Bertz CT molecular complexity index is 568. The van der Waals surface area contributed by atoms with Crippen LogP contribution in [0.15, 0.2) is 4.79 Å². The molecule has 0 bridgehead atoms. The number of hydrogen-bond acceptors (Lipinski definition) is 5. The molecule has 0 aliphatic carbocycles. The molecule has 15 heavy (non-hydrogen) atoms. The van der Waals surface area contributed by atoms with E-state index in [0.717, 1.165) is 0 Å². The molecule has 0 spiro atoms. The second kappa shape index (κ2) is 3.03. The molecule has 1 aliphatic rings. The van der Waals surface area contributed by atoms with Gasteiger partial charge in [0, 0.05) is 13.1 Å². The number of nitrogens with zero attached hydrogens (tertiary/aromatic N) is 3. The van der Waals surface area contributed by atoms with Crippen LogP contribution in [0.1, 0.15) is 11.1 Å². The van der Waals surface area contributed by atoms with Crippen LogP contribution in [0.3, 0.4) is 0 Å². The van der Waals surface area contributed by atoms with Gasteiger partial charge in [0.25, 0.3) is 5.56 Å². The van der Waals surface area contributed by atoms with Crippen molar-refractivity contribution in [2.24, 2.45) is 0 Å². The van der Waals surface area contributed by atoms with E-state index in [1.54, 1.807) is 6.07 Å². The Labute approximate surface area is 85.2 Å². The van der Waals surface area contributed by atoms with Gasteiger partial charge in [-0.1, -0.05) is 0 Å². The van der Waals surface area contributed by atoms with Crippen LogP contribution in [-0.4, -0.2) is 11.1 Å². The van der Waals surface area contributed by atoms with Crippen LogP contribution in [0.25, 0.3) is 0 Å². The zero-order valence-corrected chi connectivity index (χ0v) is 7.74. The molecule has 0 aromatic carbocycles. The second-order valence-electron chi connectivity index (χ2n) is 3.12. The Balaban J connectivity index is 2.93. The number of nitrogen functional groups attached to an aromatic ring is 1. The lowest BCUT2D eigenvalue weighted by Crippen LogP contribution is -2.23. The number of pyridine rings is 1. The van der Waals surface area contributed by atoms with Crippen molar-refractivity contribution in [2.45, 2.75) is 6.54 Å². The van der Waals surface area contributed by atoms with Gasteiger partial charge in [0.1, 0.15) is 29.1 Å². The van der Waals surface area contributed by atoms with E-state index in [1.807, 2.05) is 6.07 Å². The van der Waals surface area contributed by atoms with Gasteiger partial charge in [-0.2, -0.15) is 10.5 Å². The minimum absolute atomic E-state index is 0.0364. The van der Waals surface area contributed by atoms with Crippen LogP contribution in [0.2, 0.25) is 0 Å². The Morgan fingerprint density at radius 3 is 2.60 bits per heavy atom. The SMILES string of the molecule is N#Cc1c(N)c(C#N)c(=O)n2c1NCC2. The van der Waals surface area contributed by atoms with Crippen molar-refractivity contribution in [3.05, 3.63) is 21.5 Å². The molecule has 2 heterocycles. The average Bonchev–Trinajstić information content (AvgIpc) is 2.68. The first-order chi connectivity index (χ1) is 7.20. The number of nitrogens with one attached hydrogen (secondary N) is 1. The third kappa shape index (κ3) is 1.05. The average molecular weight is 201 g/mol. The van der Waals surface area contributed by atoms with Crippen molar-refractivity contribution in [3.63, 3.8) is 0 Å². The first-order valence-electron chi connectivity index (χ1n) is 4.31. The maximum Gasteiger partial charge on any atom is 0.272 e. The lowest BCUT2D eigenvalue weighted by Gasteiger charge is -2.07. The largest absolute Gasteiger partial charge is 0.396 e. The molecule has 0 unspecified atom stereocenters. The third-order valence-electron chi connectivity index (χ3n) is 2.36. The summed E-state index contributed by atoms with van der Waals surface area (Å²) in [5.74, 6) is 0.416. The van der Waals surface area contributed by atoms with E-state index in [9.17, 15) is 4.79 Å². The summed E-state index contributed by atoms with van der Waals surface area (Å²) in [6, 6.07) is 3.63. The molecule has 6 nitrogen and oxygen atoms in total. The van der Waals surface area contributed by atoms with Gasteiger partial charge in [-0.15, -0.1) is 0 Å². The predicted molar refractivity (Wildman–Crippen MR) is 53.0 cm³/mol. The fraction of sp³-hybridized carbons (Fsp3) is 0.222. The predicted octanol–water partition coefficient (Wildman–Crippen LogP) is -0.401. The van der Waals surface area contributed by atoms with E-state index in [1.165, 1.54) is 4.57 Å². The summed E-state index contributed by atoms with van der Waals surface area (Å²) in [6.45, 7) is 1.02. The molecule has 0 radical (unpaired) electrons. The third-order valence-corrected chi connectivity index (χ3v) is 2.36. The maximum absolute atomic E-state index is 11.7. The molecule has 0 saturated carbocycles. The van der Waals surface area contributed by atoms with Gasteiger partial charge >= 0.3 is 0 Å². The van der Waals surface area contributed by atoms with E-state index in [4.69, 9.17) is 16.3 Å². The lowest BCUT2D eigenvalue weighted by molar-refractivity contribution is 0.770. The van der Waals surface area contributed by atoms with Crippen LogP contribution in [-0.2, 0) is 6.54 Å². The molecule has 1 aromatic heterocycles. The highest BCUT2D eigenvalue weighted by Crippen LogP contribution is 2.24. The molecule has 2 rings (SSSR count). The molecule has 6 heteroatoms. The summed E-state index contributed by atoms with van der Waals surface area (Å²) in [6.07, 6.45) is 0. The van der Waals surface area contributed by atoms with Crippen molar-refractivity contribution in [3.8, 4) is 12.1 Å². The summed E-state index contributed by atoms with van der Waals surface area (Å²) < 4.78 is 1.37. The molecule has 0 amide bonds. The smallest absolute Gasteiger partial charge is 0.272 e. The number of rotatable bonds is 0. The highest BCUT2D eigenvalue weighted by molar-refractivity contribution is 5.72. The van der Waals surface area contributed by atoms with Crippen LogP contribution < -0.4 is 16.6 Å². The van der Waals surface area contributed by atoms with Gasteiger partial charge in [-0.25, -0.2) is 0 Å². The normalized spacial score (nSPS) is 12.4. The van der Waals surface area contributed by atoms with E-state index in [0.29, 0.717) is 18.9 Å². The first-order valence-corrected chi connectivity index (χ1v) is 4.31. The molecule has 0 fully saturated rings. The van der Waals surface area contributed by atoms with Gasteiger partial charge in [0.2, 0.25) is 0 Å². The fourth-order valence-corrected chi connectivity index (χ4v) is 1.64. The monoisotopic (exact) mass is 201 g/mol. The van der Waals surface area contributed by atoms with E-state index < -0.39 is 5.56 Å². The van der Waals surface area contributed by atoms with Gasteiger partial charge in [0.05, 0.1) is 5.69 Å². The van der Waals surface area contributed by atoms with Crippen molar-refractivity contribution in [2.75, 3.05) is 17.6 Å². The quantitative estimate of drug-likeness (QED) is 0.593. The van der Waals surface area contributed by atoms with E-state index in [-0.39, 0.29) is 16.8 Å². The number of anilines is 2. The van der Waals surface area contributed by atoms with Gasteiger partial charge in [-0.3, -0.25) is 9.36 Å². The first kappa shape index (κ1) is 9.10. The Kier molecular flexibility index (Phi) is 1.84. The molecule has 0 saturated heterocycles. The second-order valence-corrected chi connectivity index (χ2v) is 3.12. The highest BCUT2D eigenvalue weighted by atomic mass is 16.1. The number of nitrogens with two attached hydrogens (primary N) is 1. The number of aromatic nitrogens is 1. The molecule has 74 valence electrons. The van der Waals surface area contributed by atoms with E-state index >= 15 is 0 Å². The number of hydrogen-bond donors (Lipinski definition) is 2. The standard InChI is InChI=1S/C9H7N5O/c10-3-5-7(12)6(4-11)9(15)14-2-1-13-8(5)14/h13H,1-2,12H2. The zero-order chi connectivity index (χ0) is 11.0. The Morgan fingerprint density at radius 1 is 1.33 bits per heavy atom. The molecule has 3 N–H and O–H groups in total. The minimum Gasteiger partial charge on any atom is -0.396 e. The lowest BCUT2D eigenvalue weighted by atomic mass is 10.1. The summed E-state index contributed by atoms with van der Waals surface area (Å²) in [7, 11) is 0. The zero-order valence-electron chi connectivity index (χ0n) is 7.74. The molecule has 1 aliphatic heterocycles. The summed E-state index contributed by atoms with van der Waals surface area (Å²) in [5.41, 5.74) is 5.12. The minimum atomic E-state index is -0.436. The maximum atomic E-state index is 11.7. The van der Waals surface area contributed by atoms with Gasteiger partial charge < -0.3 is 11.1 Å². The van der Waals surface area contributed by atoms with Crippen LogP contribution in [0, 0.1) is 22.7 Å². The van der Waals surface area contributed by atoms with Crippen LogP contribution in [0.4, 0.5) is 11.5 Å². The molecule has 1 aromatic rings. The van der Waals surface area contributed by atoms with E-state index in [2.05, 4.69) is 5.32 Å². The highest BCUT2D eigenvalue weighted by Gasteiger charge is 2.22. The summed E-state index contributed by atoms with van der Waals surface area (Å²) >= 11 is 0. The summed E-state index contributed by atoms with van der Waals surface area (Å²) in [4.78, 5) is 11.7. The number of nitriles is 2. The van der Waals surface area contributed by atoms with Crippen molar-refractivity contribution in [1.82, 2.24) is 4.57 Å². The van der Waals surface area contributed by atoms with Gasteiger partial charge in [-0.05, 0) is 0 Å². The topological polar surface area (TPSA) is 108 Å².